The fourth-order valence-electron chi connectivity index (χ4n) is 3.10. The molecule has 0 fully saturated rings. The second-order valence-corrected chi connectivity index (χ2v) is 7.94. The van der Waals surface area contributed by atoms with Gasteiger partial charge >= 0.3 is 124 Å². The molecule has 1 amide bonds. The molecule has 2 aromatic carbocycles. The molecule has 94 valence electrons. The van der Waals surface area contributed by atoms with Crippen molar-refractivity contribution in [2.75, 3.05) is 0 Å². The average Bonchev–Trinajstić information content (AvgIpc) is 2.89. The molecule has 1 aliphatic heterocycles. The standard InChI is InChI=1S/C17H12NO.Ga/c1-11(17(18)19)15-8-4-7-14-9-12-5-2-3-6-13(12)10-16(14)15;/h1-7,10H,9H2,(H2,18,19);. The molecule has 0 radical (unpaired) electrons. The van der Waals surface area contributed by atoms with E-state index in [4.69, 9.17) is 5.73 Å². The third-order valence-electron chi connectivity index (χ3n) is 4.07. The van der Waals surface area contributed by atoms with E-state index in [2.05, 4.69) is 47.0 Å². The summed E-state index contributed by atoms with van der Waals surface area (Å²) < 4.78 is 3.46. The van der Waals surface area contributed by atoms with Gasteiger partial charge in [0.25, 0.3) is 0 Å². The van der Waals surface area contributed by atoms with Crippen LogP contribution in [-0.2, 0) is 11.2 Å². The Kier molecular flexibility index (Phi) is 2.59. The molecule has 20 heavy (non-hydrogen) atoms. The number of benzene rings is 2. The van der Waals surface area contributed by atoms with Gasteiger partial charge < -0.3 is 0 Å². The van der Waals surface area contributed by atoms with Gasteiger partial charge in [-0.15, -0.1) is 0 Å². The van der Waals surface area contributed by atoms with Crippen LogP contribution in [0.3, 0.4) is 0 Å². The monoisotopic (exact) mass is 315 g/mol. The zero-order valence-corrected chi connectivity index (χ0v) is 13.3. The summed E-state index contributed by atoms with van der Waals surface area (Å²) in [6, 6.07) is 12.9. The number of carbonyl (C=O) groups is 1. The number of primary amides is 1. The number of carbonyl (C=O) groups excluding carboxylic acids is 1. The first kappa shape index (κ1) is 11.9. The molecule has 2 aliphatic rings. The van der Waals surface area contributed by atoms with Gasteiger partial charge in [0, 0.05) is 0 Å². The Morgan fingerprint density at radius 1 is 1.10 bits per heavy atom. The van der Waals surface area contributed by atoms with Crippen molar-refractivity contribution in [2.45, 2.75) is 6.42 Å². The third kappa shape index (κ3) is 1.67. The molecule has 0 aromatic heterocycles. The van der Waals surface area contributed by atoms with Crippen LogP contribution >= 0.6 is 0 Å². The van der Waals surface area contributed by atoms with Crippen LogP contribution in [0.15, 0.2) is 36.4 Å². The van der Waals surface area contributed by atoms with Crippen LogP contribution in [0.4, 0.5) is 0 Å². The summed E-state index contributed by atoms with van der Waals surface area (Å²) in [6.45, 7) is 0. The van der Waals surface area contributed by atoms with E-state index in [0.29, 0.717) is 0 Å². The summed E-state index contributed by atoms with van der Waals surface area (Å²) in [5, 5.41) is 2.32. The molecule has 0 spiro atoms. The van der Waals surface area contributed by atoms with Crippen LogP contribution in [0.1, 0.15) is 16.7 Å². The SMILES string of the molecule is NC(=O)C1=c2[c](ccc3c2=Cc2ccccc2C3)[Ga]=[CH]1. The van der Waals surface area contributed by atoms with Gasteiger partial charge in [-0.3, -0.25) is 0 Å². The van der Waals surface area contributed by atoms with Crippen LogP contribution in [0.25, 0.3) is 11.6 Å². The zero-order valence-electron chi connectivity index (χ0n) is 10.9. The summed E-state index contributed by atoms with van der Waals surface area (Å²) in [6.07, 6.45) is 3.15. The van der Waals surface area contributed by atoms with Gasteiger partial charge in [-0.2, -0.15) is 0 Å². The van der Waals surface area contributed by atoms with Crippen molar-refractivity contribution >= 4 is 43.2 Å². The maximum atomic E-state index is 11.7. The van der Waals surface area contributed by atoms with Gasteiger partial charge in [-0.05, 0) is 0 Å². The Morgan fingerprint density at radius 2 is 1.95 bits per heavy atom. The van der Waals surface area contributed by atoms with Crippen molar-refractivity contribution in [2.24, 2.45) is 5.73 Å². The first-order valence-electron chi connectivity index (χ1n) is 6.68. The van der Waals surface area contributed by atoms with Gasteiger partial charge in [0.2, 0.25) is 0 Å². The van der Waals surface area contributed by atoms with E-state index in [-0.39, 0.29) is 5.91 Å². The summed E-state index contributed by atoms with van der Waals surface area (Å²) in [7, 11) is 0. The number of amides is 1. The number of nitrogens with two attached hydrogens (primary N) is 1. The van der Waals surface area contributed by atoms with Crippen molar-refractivity contribution in [1.82, 2.24) is 0 Å². The van der Waals surface area contributed by atoms with E-state index in [1.807, 2.05) is 0 Å². The quantitative estimate of drug-likeness (QED) is 0.587. The van der Waals surface area contributed by atoms with Crippen molar-refractivity contribution < 1.29 is 4.79 Å². The van der Waals surface area contributed by atoms with Crippen molar-refractivity contribution in [3.05, 3.63) is 63.5 Å². The number of hydrogen-bond acceptors (Lipinski definition) is 1. The topological polar surface area (TPSA) is 43.1 Å². The van der Waals surface area contributed by atoms with Crippen molar-refractivity contribution in [1.29, 1.82) is 0 Å². The maximum absolute atomic E-state index is 11.7. The van der Waals surface area contributed by atoms with Crippen LogP contribution in [0.5, 0.6) is 0 Å². The predicted octanol–water partition coefficient (Wildman–Crippen LogP) is -0.799. The van der Waals surface area contributed by atoms with Crippen LogP contribution < -0.4 is 20.3 Å². The predicted molar refractivity (Wildman–Crippen MR) is 82.6 cm³/mol. The number of hydrogen-bond donors (Lipinski definition) is 1. The summed E-state index contributed by atoms with van der Waals surface area (Å²) in [5.74, 6) is -0.290. The van der Waals surface area contributed by atoms with Gasteiger partial charge in [0.05, 0.1) is 0 Å². The molecule has 1 aliphatic carbocycles. The van der Waals surface area contributed by atoms with Gasteiger partial charge in [-0.25, -0.2) is 0 Å². The molecule has 0 unspecified atom stereocenters. The molecule has 0 saturated heterocycles. The zero-order chi connectivity index (χ0) is 13.7. The van der Waals surface area contributed by atoms with Gasteiger partial charge in [0.15, 0.2) is 0 Å². The molecular formula is C17H12GaNO. The number of rotatable bonds is 1. The van der Waals surface area contributed by atoms with Gasteiger partial charge in [-0.1, -0.05) is 0 Å². The molecule has 2 nitrogen and oxygen atoms in total. The summed E-state index contributed by atoms with van der Waals surface area (Å²) >= 11 is -0.649. The Bertz CT molecular complexity index is 909. The van der Waals surface area contributed by atoms with Crippen LogP contribution in [0, 0.1) is 0 Å². The van der Waals surface area contributed by atoms with E-state index in [1.54, 1.807) is 0 Å². The third-order valence-corrected chi connectivity index (χ3v) is 6.88. The molecule has 1 heterocycles. The molecular weight excluding hydrogens is 304 g/mol. The fourth-order valence-corrected chi connectivity index (χ4v) is 5.95. The van der Waals surface area contributed by atoms with E-state index in [0.717, 1.165) is 17.2 Å². The number of fused-ring (bicyclic) bond motifs is 4. The average molecular weight is 316 g/mol. The van der Waals surface area contributed by atoms with E-state index in [1.165, 1.54) is 26.0 Å². The summed E-state index contributed by atoms with van der Waals surface area (Å²) in [5.41, 5.74) is 10.2. The normalized spacial score (nSPS) is 13.9. The van der Waals surface area contributed by atoms with E-state index >= 15 is 0 Å². The molecule has 0 atom stereocenters. The van der Waals surface area contributed by atoms with Crippen LogP contribution in [-0.4, -0.2) is 27.4 Å². The fraction of sp³-hybridized carbons (Fsp3) is 0.0588. The first-order chi connectivity index (χ1) is 9.74. The van der Waals surface area contributed by atoms with Crippen molar-refractivity contribution in [3.63, 3.8) is 0 Å². The Hall–Kier alpha value is -1.84. The Morgan fingerprint density at radius 3 is 2.80 bits per heavy atom. The molecule has 3 heteroatoms. The molecule has 0 saturated carbocycles. The Balaban J connectivity index is 2.15. The van der Waals surface area contributed by atoms with E-state index in [9.17, 15) is 4.79 Å². The second-order valence-electron chi connectivity index (χ2n) is 5.23. The minimum atomic E-state index is -0.649. The van der Waals surface area contributed by atoms with Gasteiger partial charge in [0.1, 0.15) is 0 Å². The van der Waals surface area contributed by atoms with E-state index < -0.39 is 17.0 Å². The van der Waals surface area contributed by atoms with Crippen molar-refractivity contribution in [3.8, 4) is 0 Å². The minimum absolute atomic E-state index is 0.290. The first-order valence-corrected chi connectivity index (χ1v) is 9.29. The summed E-state index contributed by atoms with van der Waals surface area (Å²) in [4.78, 5) is 11.7. The molecule has 0 bridgehead atoms. The molecule has 2 N–H and O–H groups in total. The molecule has 4 rings (SSSR count). The molecule has 2 aromatic rings. The van der Waals surface area contributed by atoms with Crippen LogP contribution in [0.2, 0.25) is 0 Å². The Labute approximate surface area is 123 Å². The second kappa shape index (κ2) is 4.33.